The van der Waals surface area contributed by atoms with Crippen molar-refractivity contribution >= 4 is 35.3 Å². The molecule has 1 aromatic carbocycles. The van der Waals surface area contributed by atoms with Gasteiger partial charge < -0.3 is 15.4 Å². The lowest BCUT2D eigenvalue weighted by molar-refractivity contribution is -0.146. The zero-order chi connectivity index (χ0) is 25.1. The van der Waals surface area contributed by atoms with E-state index in [9.17, 15) is 24.0 Å². The van der Waals surface area contributed by atoms with E-state index >= 15 is 0 Å². The molecule has 1 atom stereocenters. The van der Waals surface area contributed by atoms with E-state index in [0.717, 1.165) is 24.2 Å². The second kappa shape index (κ2) is 9.95. The normalized spacial score (nSPS) is 18.4. The third-order valence-electron chi connectivity index (χ3n) is 6.28. The van der Waals surface area contributed by atoms with Crippen molar-refractivity contribution in [2.75, 3.05) is 11.9 Å². The minimum atomic E-state index is -1.03. The van der Waals surface area contributed by atoms with E-state index < -0.39 is 34.8 Å². The van der Waals surface area contributed by atoms with Gasteiger partial charge in [-0.25, -0.2) is 4.79 Å². The number of carbonyl (C=O) groups is 5. The highest BCUT2D eigenvalue weighted by molar-refractivity contribution is 6.07. The van der Waals surface area contributed by atoms with Crippen LogP contribution < -0.4 is 10.6 Å². The molecule has 1 aliphatic heterocycles. The standard InChI is InChI=1S/C25H33N3O6/c1-16(20(30)17-8-10-18(11-9-17)26-21(31)24(2,3)4)34-19(29)12-15-28-22(32)25(27-23(28)33)13-6-5-7-14-25/h8-11,16H,5-7,12-15H2,1-4H3,(H,26,31)(H,27,33). The van der Waals surface area contributed by atoms with E-state index in [-0.39, 0.29) is 24.8 Å². The van der Waals surface area contributed by atoms with Gasteiger partial charge in [-0.3, -0.25) is 24.1 Å². The van der Waals surface area contributed by atoms with Gasteiger partial charge in [-0.15, -0.1) is 0 Å². The molecule has 184 valence electrons. The van der Waals surface area contributed by atoms with Crippen LogP contribution in [0.4, 0.5) is 10.5 Å². The summed E-state index contributed by atoms with van der Waals surface area (Å²) in [6.45, 7) is 6.79. The smallest absolute Gasteiger partial charge is 0.325 e. The molecule has 1 aromatic rings. The molecule has 9 nitrogen and oxygen atoms in total. The Hall–Kier alpha value is -3.23. The van der Waals surface area contributed by atoms with Crippen molar-refractivity contribution in [2.45, 2.75) is 77.9 Å². The van der Waals surface area contributed by atoms with Crippen molar-refractivity contribution in [2.24, 2.45) is 5.41 Å². The number of amides is 4. The number of carbonyl (C=O) groups excluding carboxylic acids is 5. The van der Waals surface area contributed by atoms with E-state index in [0.29, 0.717) is 24.1 Å². The minimum Gasteiger partial charge on any atom is -0.454 e. The number of rotatable bonds is 7. The molecule has 2 fully saturated rings. The first kappa shape index (κ1) is 25.4. The summed E-state index contributed by atoms with van der Waals surface area (Å²) in [5.74, 6) is -1.49. The lowest BCUT2D eigenvalue weighted by atomic mass is 9.82. The first-order valence-electron chi connectivity index (χ1n) is 11.7. The fourth-order valence-electron chi connectivity index (χ4n) is 4.16. The molecule has 0 radical (unpaired) electrons. The highest BCUT2D eigenvalue weighted by atomic mass is 16.5. The van der Waals surface area contributed by atoms with Crippen molar-refractivity contribution in [3.8, 4) is 0 Å². The first-order valence-corrected chi connectivity index (χ1v) is 11.7. The summed E-state index contributed by atoms with van der Waals surface area (Å²) in [6.07, 6.45) is 2.81. The van der Waals surface area contributed by atoms with E-state index in [2.05, 4.69) is 10.6 Å². The number of hydrogen-bond donors (Lipinski definition) is 2. The molecule has 2 N–H and O–H groups in total. The molecule has 0 aromatic heterocycles. The number of ether oxygens (including phenoxy) is 1. The van der Waals surface area contributed by atoms with Crippen molar-refractivity contribution in [1.29, 1.82) is 0 Å². The maximum atomic E-state index is 12.8. The molecule has 1 spiro atoms. The SMILES string of the molecule is CC(OC(=O)CCN1C(=O)NC2(CCCCC2)C1=O)C(=O)c1ccc(NC(=O)C(C)(C)C)cc1. The fourth-order valence-corrected chi connectivity index (χ4v) is 4.16. The summed E-state index contributed by atoms with van der Waals surface area (Å²) in [5, 5.41) is 5.58. The Balaban J connectivity index is 1.50. The number of hydrogen-bond acceptors (Lipinski definition) is 6. The van der Waals surface area contributed by atoms with Crippen LogP contribution in [0.2, 0.25) is 0 Å². The van der Waals surface area contributed by atoms with Crippen molar-refractivity contribution in [3.63, 3.8) is 0 Å². The molecule has 1 aliphatic carbocycles. The van der Waals surface area contributed by atoms with Crippen LogP contribution in [0.5, 0.6) is 0 Å². The van der Waals surface area contributed by atoms with Gasteiger partial charge in [-0.1, -0.05) is 40.0 Å². The Labute approximate surface area is 199 Å². The van der Waals surface area contributed by atoms with Gasteiger partial charge in [0.2, 0.25) is 11.7 Å². The van der Waals surface area contributed by atoms with Crippen molar-refractivity contribution in [1.82, 2.24) is 10.2 Å². The third kappa shape index (κ3) is 5.63. The molecule has 1 unspecified atom stereocenters. The molecule has 34 heavy (non-hydrogen) atoms. The molecule has 1 saturated heterocycles. The number of esters is 1. The Morgan fingerprint density at radius 3 is 2.29 bits per heavy atom. The second-order valence-corrected chi connectivity index (χ2v) is 10.1. The monoisotopic (exact) mass is 471 g/mol. The van der Waals surface area contributed by atoms with Crippen LogP contribution in [-0.4, -0.2) is 52.7 Å². The highest BCUT2D eigenvalue weighted by Crippen LogP contribution is 2.33. The first-order chi connectivity index (χ1) is 15.9. The van der Waals surface area contributed by atoms with Crippen LogP contribution in [0.15, 0.2) is 24.3 Å². The summed E-state index contributed by atoms with van der Waals surface area (Å²) in [6, 6.07) is 5.86. The van der Waals surface area contributed by atoms with Gasteiger partial charge >= 0.3 is 12.0 Å². The molecule has 0 bridgehead atoms. The van der Waals surface area contributed by atoms with E-state index in [1.807, 2.05) is 0 Å². The Bertz CT molecular complexity index is 973. The number of urea groups is 1. The maximum Gasteiger partial charge on any atom is 0.325 e. The molecule has 3 rings (SSSR count). The van der Waals surface area contributed by atoms with Crippen LogP contribution in [-0.2, 0) is 19.1 Å². The van der Waals surface area contributed by atoms with Gasteiger partial charge in [-0.2, -0.15) is 0 Å². The number of Topliss-reactive ketones (excluding diaryl/α,β-unsaturated/α-hetero) is 1. The number of anilines is 1. The fraction of sp³-hybridized carbons (Fsp3) is 0.560. The van der Waals surface area contributed by atoms with Crippen LogP contribution >= 0.6 is 0 Å². The molecule has 2 aliphatic rings. The van der Waals surface area contributed by atoms with Crippen LogP contribution in [0.1, 0.15) is 76.6 Å². The summed E-state index contributed by atoms with van der Waals surface area (Å²) < 4.78 is 5.25. The van der Waals surface area contributed by atoms with E-state index in [4.69, 9.17) is 4.74 Å². The van der Waals surface area contributed by atoms with Crippen LogP contribution in [0.3, 0.4) is 0 Å². The summed E-state index contributed by atoms with van der Waals surface area (Å²) in [5.41, 5.74) is -0.483. The van der Waals surface area contributed by atoms with Gasteiger partial charge in [0.15, 0.2) is 6.10 Å². The number of imide groups is 1. The summed E-state index contributed by atoms with van der Waals surface area (Å²) >= 11 is 0. The molecular formula is C25H33N3O6. The van der Waals surface area contributed by atoms with Gasteiger partial charge in [-0.05, 0) is 44.0 Å². The third-order valence-corrected chi connectivity index (χ3v) is 6.28. The lowest BCUT2D eigenvalue weighted by Gasteiger charge is -2.30. The highest BCUT2D eigenvalue weighted by Gasteiger charge is 2.51. The van der Waals surface area contributed by atoms with E-state index in [1.54, 1.807) is 45.0 Å². The van der Waals surface area contributed by atoms with Crippen molar-refractivity contribution < 1.29 is 28.7 Å². The van der Waals surface area contributed by atoms with Gasteiger partial charge in [0, 0.05) is 23.2 Å². The molecule has 9 heteroatoms. The predicted octanol–water partition coefficient (Wildman–Crippen LogP) is 3.43. The number of nitrogens with one attached hydrogen (secondary N) is 2. The van der Waals surface area contributed by atoms with Gasteiger partial charge in [0.1, 0.15) is 5.54 Å². The zero-order valence-electron chi connectivity index (χ0n) is 20.2. The average molecular weight is 472 g/mol. The largest absolute Gasteiger partial charge is 0.454 e. The lowest BCUT2D eigenvalue weighted by Crippen LogP contribution is -2.48. The van der Waals surface area contributed by atoms with Crippen molar-refractivity contribution in [3.05, 3.63) is 29.8 Å². The summed E-state index contributed by atoms with van der Waals surface area (Å²) in [4.78, 5) is 63.2. The molecule has 4 amide bonds. The second-order valence-electron chi connectivity index (χ2n) is 10.1. The zero-order valence-corrected chi connectivity index (χ0v) is 20.2. The van der Waals surface area contributed by atoms with Crippen LogP contribution in [0.25, 0.3) is 0 Å². The number of benzene rings is 1. The number of ketones is 1. The minimum absolute atomic E-state index is 0.0890. The topological polar surface area (TPSA) is 122 Å². The quantitative estimate of drug-likeness (QED) is 0.357. The molecule has 1 heterocycles. The molecule has 1 saturated carbocycles. The van der Waals surface area contributed by atoms with Gasteiger partial charge in [0.05, 0.1) is 6.42 Å². The Kier molecular flexibility index (Phi) is 7.43. The predicted molar refractivity (Wildman–Crippen MR) is 125 cm³/mol. The number of nitrogens with zero attached hydrogens (tertiary/aromatic N) is 1. The molecular weight excluding hydrogens is 438 g/mol. The van der Waals surface area contributed by atoms with E-state index in [1.165, 1.54) is 6.92 Å². The Morgan fingerprint density at radius 2 is 1.71 bits per heavy atom. The van der Waals surface area contributed by atoms with Gasteiger partial charge in [0.25, 0.3) is 5.91 Å². The van der Waals surface area contributed by atoms with Crippen LogP contribution in [0, 0.1) is 5.41 Å². The Morgan fingerprint density at radius 1 is 1.09 bits per heavy atom. The summed E-state index contributed by atoms with van der Waals surface area (Å²) in [7, 11) is 0. The average Bonchev–Trinajstić information content (AvgIpc) is 3.00. The maximum absolute atomic E-state index is 12.8.